The Morgan fingerprint density at radius 1 is 1.38 bits per heavy atom. The van der Waals surface area contributed by atoms with Crippen LogP contribution in [0.2, 0.25) is 0 Å². The average Bonchev–Trinajstić information content (AvgIpc) is 2.60. The van der Waals surface area contributed by atoms with E-state index in [4.69, 9.17) is 9.47 Å². The van der Waals surface area contributed by atoms with E-state index in [9.17, 15) is 4.79 Å². The van der Waals surface area contributed by atoms with E-state index in [0.29, 0.717) is 12.9 Å². The minimum atomic E-state index is -0.601. The van der Waals surface area contributed by atoms with Gasteiger partial charge in [-0.1, -0.05) is 32.6 Å². The van der Waals surface area contributed by atoms with Gasteiger partial charge in [0.1, 0.15) is 0 Å². The Bertz CT molecular complexity index is 147. The molecule has 0 spiro atoms. The van der Waals surface area contributed by atoms with Crippen LogP contribution >= 0.6 is 0 Å². The predicted octanol–water partition coefficient (Wildman–Crippen LogP) is 1.90. The van der Waals surface area contributed by atoms with Crippen molar-refractivity contribution in [3.63, 3.8) is 0 Å². The highest BCUT2D eigenvalue weighted by atomic mass is 16.7. The molecule has 1 saturated heterocycles. The second-order valence-corrected chi connectivity index (χ2v) is 3.45. The summed E-state index contributed by atoms with van der Waals surface area (Å²) >= 11 is 0. The molecule has 2 unspecified atom stereocenters. The van der Waals surface area contributed by atoms with Gasteiger partial charge in [0.2, 0.25) is 6.29 Å². The summed E-state index contributed by atoms with van der Waals surface area (Å²) in [5.41, 5.74) is 0. The van der Waals surface area contributed by atoms with Crippen molar-refractivity contribution in [2.24, 2.45) is 0 Å². The summed E-state index contributed by atoms with van der Waals surface area (Å²) in [7, 11) is 0. The van der Waals surface area contributed by atoms with E-state index in [1.54, 1.807) is 0 Å². The SMILES string of the molecule is CCCCCCC1COC(C=O)O1. The lowest BCUT2D eigenvalue weighted by Gasteiger charge is -2.06. The van der Waals surface area contributed by atoms with Crippen molar-refractivity contribution < 1.29 is 14.3 Å². The molecule has 0 bridgehead atoms. The van der Waals surface area contributed by atoms with Crippen molar-refractivity contribution in [3.05, 3.63) is 0 Å². The van der Waals surface area contributed by atoms with Gasteiger partial charge in [-0.3, -0.25) is 4.79 Å². The van der Waals surface area contributed by atoms with Gasteiger partial charge in [0.25, 0.3) is 0 Å². The molecule has 13 heavy (non-hydrogen) atoms. The molecular formula is C10H18O3. The minimum Gasteiger partial charge on any atom is -0.343 e. The molecule has 1 heterocycles. The normalized spacial score (nSPS) is 27.8. The zero-order valence-corrected chi connectivity index (χ0v) is 8.20. The van der Waals surface area contributed by atoms with Crippen molar-refractivity contribution in [2.75, 3.05) is 6.61 Å². The van der Waals surface area contributed by atoms with E-state index in [1.165, 1.54) is 25.7 Å². The van der Waals surface area contributed by atoms with Crippen LogP contribution in [0.25, 0.3) is 0 Å². The van der Waals surface area contributed by atoms with Crippen LogP contribution in [0.15, 0.2) is 0 Å². The fraction of sp³-hybridized carbons (Fsp3) is 0.900. The second-order valence-electron chi connectivity index (χ2n) is 3.45. The number of unbranched alkanes of at least 4 members (excludes halogenated alkanes) is 3. The number of rotatable bonds is 6. The van der Waals surface area contributed by atoms with E-state index in [2.05, 4.69) is 6.92 Å². The molecule has 0 amide bonds. The van der Waals surface area contributed by atoms with Gasteiger partial charge in [-0.05, 0) is 6.42 Å². The van der Waals surface area contributed by atoms with Crippen LogP contribution in [-0.2, 0) is 14.3 Å². The summed E-state index contributed by atoms with van der Waals surface area (Å²) in [6.45, 7) is 2.77. The van der Waals surface area contributed by atoms with Crippen LogP contribution in [0.5, 0.6) is 0 Å². The topological polar surface area (TPSA) is 35.5 Å². The summed E-state index contributed by atoms with van der Waals surface area (Å²) in [6, 6.07) is 0. The molecule has 0 radical (unpaired) electrons. The third kappa shape index (κ3) is 3.87. The molecule has 3 heteroatoms. The Balaban J connectivity index is 2.00. The smallest absolute Gasteiger partial charge is 0.215 e. The maximum Gasteiger partial charge on any atom is 0.215 e. The van der Waals surface area contributed by atoms with Gasteiger partial charge in [0, 0.05) is 0 Å². The molecule has 1 fully saturated rings. The maximum atomic E-state index is 10.3. The van der Waals surface area contributed by atoms with Gasteiger partial charge >= 0.3 is 0 Å². The van der Waals surface area contributed by atoms with Gasteiger partial charge in [0.05, 0.1) is 12.7 Å². The molecule has 0 aliphatic carbocycles. The monoisotopic (exact) mass is 186 g/mol. The van der Waals surface area contributed by atoms with Gasteiger partial charge in [-0.25, -0.2) is 0 Å². The number of hydrogen-bond donors (Lipinski definition) is 0. The third-order valence-electron chi connectivity index (χ3n) is 2.26. The van der Waals surface area contributed by atoms with Crippen molar-refractivity contribution in [2.45, 2.75) is 51.4 Å². The van der Waals surface area contributed by atoms with Crippen LogP contribution in [0.3, 0.4) is 0 Å². The van der Waals surface area contributed by atoms with Crippen LogP contribution in [-0.4, -0.2) is 25.3 Å². The quantitative estimate of drug-likeness (QED) is 0.469. The van der Waals surface area contributed by atoms with Gasteiger partial charge in [0.15, 0.2) is 6.29 Å². The van der Waals surface area contributed by atoms with Crippen molar-refractivity contribution >= 4 is 6.29 Å². The Morgan fingerprint density at radius 2 is 2.23 bits per heavy atom. The maximum absolute atomic E-state index is 10.3. The fourth-order valence-corrected chi connectivity index (χ4v) is 1.49. The third-order valence-corrected chi connectivity index (χ3v) is 2.26. The van der Waals surface area contributed by atoms with Crippen molar-refractivity contribution in [3.8, 4) is 0 Å². The molecule has 0 aromatic heterocycles. The Labute approximate surface area is 79.4 Å². The first-order valence-corrected chi connectivity index (χ1v) is 5.09. The molecule has 1 aliphatic heterocycles. The number of ether oxygens (including phenoxy) is 2. The van der Waals surface area contributed by atoms with E-state index in [0.717, 1.165) is 6.42 Å². The lowest BCUT2D eigenvalue weighted by Crippen LogP contribution is -2.12. The summed E-state index contributed by atoms with van der Waals surface area (Å²) in [4.78, 5) is 10.3. The number of carbonyl (C=O) groups is 1. The molecule has 0 aromatic carbocycles. The molecule has 0 N–H and O–H groups in total. The first-order valence-electron chi connectivity index (χ1n) is 5.09. The highest BCUT2D eigenvalue weighted by Gasteiger charge is 2.24. The number of hydrogen-bond acceptors (Lipinski definition) is 3. The summed E-state index contributed by atoms with van der Waals surface area (Å²) in [5.74, 6) is 0. The largest absolute Gasteiger partial charge is 0.343 e. The lowest BCUT2D eigenvalue weighted by atomic mass is 10.1. The van der Waals surface area contributed by atoms with E-state index >= 15 is 0 Å². The minimum absolute atomic E-state index is 0.145. The lowest BCUT2D eigenvalue weighted by molar-refractivity contribution is -0.133. The van der Waals surface area contributed by atoms with Crippen molar-refractivity contribution in [1.82, 2.24) is 0 Å². The zero-order chi connectivity index (χ0) is 9.52. The first kappa shape index (κ1) is 10.7. The molecule has 76 valence electrons. The summed E-state index contributed by atoms with van der Waals surface area (Å²) < 4.78 is 10.4. The summed E-state index contributed by atoms with van der Waals surface area (Å²) in [5, 5.41) is 0. The standard InChI is InChI=1S/C10H18O3/c1-2-3-4-5-6-9-8-12-10(7-11)13-9/h7,9-10H,2-6,8H2,1H3. The van der Waals surface area contributed by atoms with E-state index in [-0.39, 0.29) is 6.10 Å². The summed E-state index contributed by atoms with van der Waals surface area (Å²) in [6.07, 6.45) is 6.23. The molecule has 2 atom stereocenters. The van der Waals surface area contributed by atoms with Gasteiger partial charge in [-0.15, -0.1) is 0 Å². The predicted molar refractivity (Wildman–Crippen MR) is 49.4 cm³/mol. The first-order chi connectivity index (χ1) is 6.36. The highest BCUT2D eigenvalue weighted by molar-refractivity contribution is 5.54. The Kier molecular flexibility index (Phi) is 5.01. The molecule has 0 aromatic rings. The molecule has 0 saturated carbocycles. The molecule has 1 rings (SSSR count). The highest BCUT2D eigenvalue weighted by Crippen LogP contribution is 2.16. The number of aldehydes is 1. The Morgan fingerprint density at radius 3 is 2.85 bits per heavy atom. The van der Waals surface area contributed by atoms with Gasteiger partial charge in [-0.2, -0.15) is 0 Å². The van der Waals surface area contributed by atoms with Crippen LogP contribution in [0, 0.1) is 0 Å². The zero-order valence-electron chi connectivity index (χ0n) is 8.20. The van der Waals surface area contributed by atoms with E-state index in [1.807, 2.05) is 0 Å². The Hall–Kier alpha value is -0.410. The molecule has 3 nitrogen and oxygen atoms in total. The van der Waals surface area contributed by atoms with Crippen LogP contribution in [0.1, 0.15) is 39.0 Å². The van der Waals surface area contributed by atoms with Crippen molar-refractivity contribution in [1.29, 1.82) is 0 Å². The van der Waals surface area contributed by atoms with Crippen LogP contribution in [0.4, 0.5) is 0 Å². The van der Waals surface area contributed by atoms with Crippen LogP contribution < -0.4 is 0 Å². The second kappa shape index (κ2) is 6.11. The average molecular weight is 186 g/mol. The molecular weight excluding hydrogens is 168 g/mol. The fourth-order valence-electron chi connectivity index (χ4n) is 1.49. The van der Waals surface area contributed by atoms with Gasteiger partial charge < -0.3 is 9.47 Å². The van der Waals surface area contributed by atoms with E-state index < -0.39 is 6.29 Å². The number of carbonyl (C=O) groups excluding carboxylic acids is 1. The molecule has 1 aliphatic rings.